The molecule has 2 heterocycles. The van der Waals surface area contributed by atoms with Crippen molar-refractivity contribution in [1.29, 1.82) is 0 Å². The van der Waals surface area contributed by atoms with Gasteiger partial charge in [0.05, 0.1) is 5.69 Å². The molecule has 1 aromatic carbocycles. The number of thioether (sulfide) groups is 1. The summed E-state index contributed by atoms with van der Waals surface area (Å²) in [4.78, 5) is 20.7. The van der Waals surface area contributed by atoms with E-state index in [1.54, 1.807) is 11.8 Å². The largest absolute Gasteiger partial charge is 0.298 e. The molecule has 0 atom stereocenters. The van der Waals surface area contributed by atoms with Gasteiger partial charge in [0.1, 0.15) is 5.03 Å². The van der Waals surface area contributed by atoms with Crippen LogP contribution in [0.3, 0.4) is 0 Å². The first-order chi connectivity index (χ1) is 11.2. The summed E-state index contributed by atoms with van der Waals surface area (Å²) < 4.78 is 2.06. The lowest BCUT2D eigenvalue weighted by Gasteiger charge is -2.12. The average molecular weight is 325 g/mol. The van der Waals surface area contributed by atoms with Crippen LogP contribution in [0.25, 0.3) is 17.0 Å². The van der Waals surface area contributed by atoms with E-state index in [1.165, 1.54) is 11.3 Å². The van der Waals surface area contributed by atoms with Crippen molar-refractivity contribution in [2.24, 2.45) is 0 Å². The minimum Gasteiger partial charge on any atom is -0.298 e. The van der Waals surface area contributed by atoms with Gasteiger partial charge >= 0.3 is 0 Å². The molecule has 0 saturated heterocycles. The Kier molecular flexibility index (Phi) is 4.48. The Balaban J connectivity index is 2.28. The van der Waals surface area contributed by atoms with Gasteiger partial charge in [-0.25, -0.2) is 9.97 Å². The Morgan fingerprint density at radius 2 is 1.96 bits per heavy atom. The van der Waals surface area contributed by atoms with Gasteiger partial charge in [-0.1, -0.05) is 38.1 Å². The molecule has 3 aromatic rings. The first kappa shape index (κ1) is 15.7. The highest BCUT2D eigenvalue weighted by Gasteiger charge is 2.16. The summed E-state index contributed by atoms with van der Waals surface area (Å²) in [5, 5.41) is 1.04. The molecule has 0 N–H and O–H groups in total. The summed E-state index contributed by atoms with van der Waals surface area (Å²) in [6.07, 6.45) is 6.77. The minimum atomic E-state index is 0.648. The predicted octanol–water partition coefficient (Wildman–Crippen LogP) is 4.06. The number of carbonyl (C=O) groups excluding carboxylic acids is 1. The molecule has 5 heteroatoms. The van der Waals surface area contributed by atoms with E-state index < -0.39 is 0 Å². The van der Waals surface area contributed by atoms with Gasteiger partial charge in [0.2, 0.25) is 5.78 Å². The molecule has 0 unspecified atom stereocenters. The molecule has 4 nitrogen and oxygen atoms in total. The molecule has 0 bridgehead atoms. The second-order valence-corrected chi connectivity index (χ2v) is 6.05. The maximum Gasteiger partial charge on any atom is 0.235 e. The second-order valence-electron chi connectivity index (χ2n) is 5.25. The smallest absolute Gasteiger partial charge is 0.235 e. The lowest BCUT2D eigenvalue weighted by Crippen LogP contribution is -2.05. The van der Waals surface area contributed by atoms with Crippen molar-refractivity contribution < 1.29 is 4.79 Å². The summed E-state index contributed by atoms with van der Waals surface area (Å²) in [6, 6.07) is 7.52. The fourth-order valence-corrected chi connectivity index (χ4v) is 3.63. The van der Waals surface area contributed by atoms with Crippen LogP contribution in [0.5, 0.6) is 0 Å². The maximum absolute atomic E-state index is 11.3. The molecular weight excluding hydrogens is 306 g/mol. The zero-order valence-electron chi connectivity index (χ0n) is 13.5. The standard InChI is InChI=1S/C18H19N3OS/c1-4-13-16(5-2)21-10-15(19-18(21)20-17(13)23-3)14-9-7-6-8-12(14)11-22/h6-11H,4-5H2,1-3H3. The summed E-state index contributed by atoms with van der Waals surface area (Å²) >= 11 is 1.66. The number of hydrogen-bond acceptors (Lipinski definition) is 4. The number of aryl methyl sites for hydroxylation is 1. The summed E-state index contributed by atoms with van der Waals surface area (Å²) in [5.41, 5.74) is 4.80. The summed E-state index contributed by atoms with van der Waals surface area (Å²) in [5.74, 6) is 0.694. The van der Waals surface area contributed by atoms with Crippen LogP contribution in [-0.4, -0.2) is 26.9 Å². The highest BCUT2D eigenvalue weighted by molar-refractivity contribution is 7.98. The monoisotopic (exact) mass is 325 g/mol. The van der Waals surface area contributed by atoms with Gasteiger partial charge in [0.15, 0.2) is 6.29 Å². The highest BCUT2D eigenvalue weighted by atomic mass is 32.2. The number of aromatic nitrogens is 3. The Labute approximate surface area is 140 Å². The van der Waals surface area contributed by atoms with Crippen LogP contribution in [0.1, 0.15) is 35.5 Å². The maximum atomic E-state index is 11.3. The van der Waals surface area contributed by atoms with Crippen LogP contribution < -0.4 is 0 Å². The van der Waals surface area contributed by atoms with E-state index in [4.69, 9.17) is 4.98 Å². The zero-order valence-corrected chi connectivity index (χ0v) is 14.4. The van der Waals surface area contributed by atoms with Gasteiger partial charge in [-0.2, -0.15) is 0 Å². The molecule has 0 aliphatic rings. The number of benzene rings is 1. The lowest BCUT2D eigenvalue weighted by molar-refractivity contribution is 0.112. The molecule has 23 heavy (non-hydrogen) atoms. The molecule has 0 fully saturated rings. The Bertz CT molecular complexity index is 870. The number of fused-ring (bicyclic) bond motifs is 1. The predicted molar refractivity (Wildman–Crippen MR) is 94.3 cm³/mol. The zero-order chi connectivity index (χ0) is 16.4. The van der Waals surface area contributed by atoms with Crippen molar-refractivity contribution in [1.82, 2.24) is 14.4 Å². The second kappa shape index (κ2) is 6.54. The summed E-state index contributed by atoms with van der Waals surface area (Å²) in [6.45, 7) is 4.30. The molecule has 3 rings (SSSR count). The van der Waals surface area contributed by atoms with Crippen molar-refractivity contribution >= 4 is 23.8 Å². The van der Waals surface area contributed by atoms with Crippen molar-refractivity contribution in [2.45, 2.75) is 31.7 Å². The van der Waals surface area contributed by atoms with Gasteiger partial charge in [0, 0.05) is 28.6 Å². The molecule has 0 aliphatic heterocycles. The Morgan fingerprint density at radius 1 is 1.17 bits per heavy atom. The van der Waals surface area contributed by atoms with Crippen LogP contribution in [-0.2, 0) is 12.8 Å². The van der Waals surface area contributed by atoms with Gasteiger partial charge in [0.25, 0.3) is 0 Å². The van der Waals surface area contributed by atoms with E-state index in [-0.39, 0.29) is 0 Å². The van der Waals surface area contributed by atoms with E-state index in [0.717, 1.165) is 35.4 Å². The van der Waals surface area contributed by atoms with Crippen molar-refractivity contribution in [3.05, 3.63) is 47.3 Å². The lowest BCUT2D eigenvalue weighted by atomic mass is 10.1. The third-order valence-electron chi connectivity index (χ3n) is 4.03. The highest BCUT2D eigenvalue weighted by Crippen LogP contribution is 2.27. The molecule has 0 saturated carbocycles. The number of carbonyl (C=O) groups is 1. The number of imidazole rings is 1. The van der Waals surface area contributed by atoms with Crippen LogP contribution in [0.2, 0.25) is 0 Å². The SMILES string of the molecule is CCc1c(SC)nc2nc(-c3ccccc3C=O)cn2c1CC. The number of nitrogens with zero attached hydrogens (tertiary/aromatic N) is 3. The number of rotatable bonds is 5. The third-order valence-corrected chi connectivity index (χ3v) is 4.76. The molecule has 0 radical (unpaired) electrons. The Morgan fingerprint density at radius 3 is 2.61 bits per heavy atom. The van der Waals surface area contributed by atoms with Crippen LogP contribution in [0.4, 0.5) is 0 Å². The van der Waals surface area contributed by atoms with Crippen LogP contribution >= 0.6 is 11.8 Å². The van der Waals surface area contributed by atoms with Crippen LogP contribution in [0.15, 0.2) is 35.5 Å². The quantitative estimate of drug-likeness (QED) is 0.403. The molecule has 0 spiro atoms. The van der Waals surface area contributed by atoms with Gasteiger partial charge in [-0.3, -0.25) is 9.20 Å². The van der Waals surface area contributed by atoms with Crippen molar-refractivity contribution in [3.8, 4) is 11.3 Å². The van der Waals surface area contributed by atoms with Crippen molar-refractivity contribution in [2.75, 3.05) is 6.26 Å². The fraction of sp³-hybridized carbons (Fsp3) is 0.278. The number of aldehydes is 1. The van der Waals surface area contributed by atoms with E-state index in [0.29, 0.717) is 11.3 Å². The molecule has 118 valence electrons. The normalized spacial score (nSPS) is 11.1. The van der Waals surface area contributed by atoms with Crippen LogP contribution in [0, 0.1) is 0 Å². The topological polar surface area (TPSA) is 47.3 Å². The molecule has 0 aliphatic carbocycles. The van der Waals surface area contributed by atoms with E-state index in [1.807, 2.05) is 36.7 Å². The fourth-order valence-electron chi connectivity index (χ4n) is 2.95. The average Bonchev–Trinajstić information content (AvgIpc) is 3.03. The number of hydrogen-bond donors (Lipinski definition) is 0. The minimum absolute atomic E-state index is 0.648. The van der Waals surface area contributed by atoms with Gasteiger partial charge in [-0.15, -0.1) is 11.8 Å². The summed E-state index contributed by atoms with van der Waals surface area (Å²) in [7, 11) is 0. The first-order valence-electron chi connectivity index (χ1n) is 7.72. The van der Waals surface area contributed by atoms with E-state index >= 15 is 0 Å². The third kappa shape index (κ3) is 2.65. The van der Waals surface area contributed by atoms with Gasteiger partial charge < -0.3 is 0 Å². The molecule has 0 amide bonds. The first-order valence-corrected chi connectivity index (χ1v) is 8.95. The van der Waals surface area contributed by atoms with Crippen molar-refractivity contribution in [3.63, 3.8) is 0 Å². The molecule has 2 aromatic heterocycles. The Hall–Kier alpha value is -2.14. The van der Waals surface area contributed by atoms with Gasteiger partial charge in [-0.05, 0) is 19.1 Å². The molecular formula is C18H19N3OS. The van der Waals surface area contributed by atoms with E-state index in [9.17, 15) is 4.79 Å². The van der Waals surface area contributed by atoms with E-state index in [2.05, 4.69) is 23.2 Å².